The highest BCUT2D eigenvalue weighted by molar-refractivity contribution is 7.99. The Morgan fingerprint density at radius 3 is 2.72 bits per heavy atom. The van der Waals surface area contributed by atoms with E-state index < -0.39 is 5.97 Å². The normalized spacial score (nSPS) is 10.3. The molecule has 0 fully saturated rings. The fourth-order valence-corrected chi connectivity index (χ4v) is 2.08. The number of aliphatic carboxylic acids is 1. The molecule has 0 unspecified atom stereocenters. The van der Waals surface area contributed by atoms with Crippen LogP contribution in [0.25, 0.3) is 0 Å². The minimum absolute atomic E-state index is 0.0676. The largest absolute Gasteiger partial charge is 0.481 e. The van der Waals surface area contributed by atoms with Crippen LogP contribution < -0.4 is 5.32 Å². The maximum atomic E-state index is 11.2. The molecule has 0 bridgehead atoms. The first-order chi connectivity index (χ1) is 8.58. The molecule has 0 aromatic carbocycles. The summed E-state index contributed by atoms with van der Waals surface area (Å²) >= 11 is 1.11. The van der Waals surface area contributed by atoms with Crippen molar-refractivity contribution >= 4 is 23.6 Å². The van der Waals surface area contributed by atoms with Crippen molar-refractivity contribution in [1.29, 1.82) is 0 Å². The Labute approximate surface area is 109 Å². The second kappa shape index (κ2) is 7.00. The molecule has 1 amide bonds. The Morgan fingerprint density at radius 2 is 2.17 bits per heavy atom. The van der Waals surface area contributed by atoms with Crippen molar-refractivity contribution in [2.24, 2.45) is 0 Å². The van der Waals surface area contributed by atoms with Gasteiger partial charge in [0, 0.05) is 26.4 Å². The molecule has 1 aromatic rings. The number of nitrogens with zero attached hydrogens (tertiary/aromatic N) is 3. The number of amides is 1. The van der Waals surface area contributed by atoms with Gasteiger partial charge in [0.05, 0.1) is 5.75 Å². The van der Waals surface area contributed by atoms with E-state index in [9.17, 15) is 9.59 Å². The molecule has 1 heterocycles. The van der Waals surface area contributed by atoms with E-state index in [1.54, 1.807) is 11.6 Å². The minimum Gasteiger partial charge on any atom is -0.481 e. The Kier molecular flexibility index (Phi) is 5.63. The molecular formula is C10H16N4O3S. The molecule has 0 atom stereocenters. The van der Waals surface area contributed by atoms with Crippen LogP contribution in [-0.2, 0) is 22.6 Å². The van der Waals surface area contributed by atoms with Gasteiger partial charge in [-0.3, -0.25) is 9.59 Å². The Bertz CT molecular complexity index is 433. The zero-order valence-corrected chi connectivity index (χ0v) is 11.2. The standard InChI is InChI=1S/C10H16N4O3S/c1-3-7-12-13-10(18-6-9(16)17)14(7)5-4-8(15)11-2/h3-6H2,1-2H3,(H,11,15)(H,16,17). The SMILES string of the molecule is CCc1nnc(SCC(=O)O)n1CCC(=O)NC. The summed E-state index contributed by atoms with van der Waals surface area (Å²) in [6.45, 7) is 2.39. The first-order valence-corrected chi connectivity index (χ1v) is 6.54. The van der Waals surface area contributed by atoms with Crippen molar-refractivity contribution in [3.63, 3.8) is 0 Å². The summed E-state index contributed by atoms with van der Waals surface area (Å²) in [5.41, 5.74) is 0. The van der Waals surface area contributed by atoms with E-state index in [1.807, 2.05) is 6.92 Å². The van der Waals surface area contributed by atoms with Gasteiger partial charge in [0.25, 0.3) is 0 Å². The molecule has 0 saturated heterocycles. The number of aryl methyl sites for hydroxylation is 1. The van der Waals surface area contributed by atoms with E-state index >= 15 is 0 Å². The number of carbonyl (C=O) groups excluding carboxylic acids is 1. The number of hydrogen-bond acceptors (Lipinski definition) is 5. The molecule has 0 spiro atoms. The topological polar surface area (TPSA) is 97.1 Å². The van der Waals surface area contributed by atoms with Crippen molar-refractivity contribution in [2.45, 2.75) is 31.5 Å². The summed E-state index contributed by atoms with van der Waals surface area (Å²) in [4.78, 5) is 21.7. The molecule has 100 valence electrons. The van der Waals surface area contributed by atoms with Crippen LogP contribution in [-0.4, -0.2) is 44.5 Å². The summed E-state index contributed by atoms with van der Waals surface area (Å²) in [5, 5.41) is 19.7. The lowest BCUT2D eigenvalue weighted by Crippen LogP contribution is -2.20. The van der Waals surface area contributed by atoms with E-state index in [0.717, 1.165) is 17.6 Å². The van der Waals surface area contributed by atoms with Gasteiger partial charge in [0.1, 0.15) is 5.82 Å². The third-order valence-corrected chi connectivity index (χ3v) is 3.23. The molecule has 18 heavy (non-hydrogen) atoms. The highest BCUT2D eigenvalue weighted by Crippen LogP contribution is 2.17. The molecule has 7 nitrogen and oxygen atoms in total. The zero-order chi connectivity index (χ0) is 13.5. The average Bonchev–Trinajstić information content (AvgIpc) is 2.75. The van der Waals surface area contributed by atoms with E-state index in [4.69, 9.17) is 5.11 Å². The molecule has 0 aliphatic carbocycles. The minimum atomic E-state index is -0.904. The monoisotopic (exact) mass is 272 g/mol. The molecule has 0 saturated carbocycles. The summed E-state index contributed by atoms with van der Waals surface area (Å²) in [5.74, 6) is -0.285. The lowest BCUT2D eigenvalue weighted by molar-refractivity contribution is -0.134. The van der Waals surface area contributed by atoms with Crippen molar-refractivity contribution in [1.82, 2.24) is 20.1 Å². The maximum absolute atomic E-state index is 11.2. The predicted octanol–water partition coefficient (Wildman–Crippen LogP) is 0.153. The summed E-state index contributed by atoms with van der Waals surface area (Å²) in [6, 6.07) is 0. The molecule has 1 rings (SSSR count). The first kappa shape index (κ1) is 14.5. The van der Waals surface area contributed by atoms with Crippen molar-refractivity contribution in [3.8, 4) is 0 Å². The van der Waals surface area contributed by atoms with Gasteiger partial charge >= 0.3 is 5.97 Å². The van der Waals surface area contributed by atoms with Crippen LogP contribution >= 0.6 is 11.8 Å². The van der Waals surface area contributed by atoms with Crippen LogP contribution in [0.15, 0.2) is 5.16 Å². The quantitative estimate of drug-likeness (QED) is 0.686. The average molecular weight is 272 g/mol. The fourth-order valence-electron chi connectivity index (χ4n) is 1.38. The van der Waals surface area contributed by atoms with E-state index in [1.165, 1.54) is 0 Å². The molecule has 8 heteroatoms. The molecular weight excluding hydrogens is 256 g/mol. The second-order valence-electron chi connectivity index (χ2n) is 3.51. The molecule has 0 aliphatic heterocycles. The lowest BCUT2D eigenvalue weighted by atomic mass is 10.3. The van der Waals surface area contributed by atoms with Crippen LogP contribution in [0.5, 0.6) is 0 Å². The number of nitrogens with one attached hydrogen (secondary N) is 1. The molecule has 0 aliphatic rings. The summed E-state index contributed by atoms with van der Waals surface area (Å²) in [7, 11) is 1.58. The van der Waals surface area contributed by atoms with E-state index in [-0.39, 0.29) is 11.7 Å². The van der Waals surface area contributed by atoms with Crippen molar-refractivity contribution in [2.75, 3.05) is 12.8 Å². The van der Waals surface area contributed by atoms with Crippen LogP contribution in [0.1, 0.15) is 19.2 Å². The molecule has 2 N–H and O–H groups in total. The maximum Gasteiger partial charge on any atom is 0.313 e. The highest BCUT2D eigenvalue weighted by Gasteiger charge is 2.13. The van der Waals surface area contributed by atoms with Crippen LogP contribution in [0.3, 0.4) is 0 Å². The van der Waals surface area contributed by atoms with Crippen LogP contribution in [0.2, 0.25) is 0 Å². The number of carboxylic acid groups (broad SMARTS) is 1. The van der Waals surface area contributed by atoms with Gasteiger partial charge in [-0.15, -0.1) is 10.2 Å². The number of thioether (sulfide) groups is 1. The van der Waals surface area contributed by atoms with E-state index in [0.29, 0.717) is 24.5 Å². The van der Waals surface area contributed by atoms with Crippen molar-refractivity contribution in [3.05, 3.63) is 5.82 Å². The fraction of sp³-hybridized carbons (Fsp3) is 0.600. The van der Waals surface area contributed by atoms with E-state index in [2.05, 4.69) is 15.5 Å². The van der Waals surface area contributed by atoms with Gasteiger partial charge in [0.2, 0.25) is 5.91 Å². The first-order valence-electron chi connectivity index (χ1n) is 5.55. The number of hydrogen-bond donors (Lipinski definition) is 2. The zero-order valence-electron chi connectivity index (χ0n) is 10.3. The smallest absolute Gasteiger partial charge is 0.313 e. The Balaban J connectivity index is 2.74. The number of carboxylic acids is 1. The summed E-state index contributed by atoms with van der Waals surface area (Å²) < 4.78 is 1.79. The number of carbonyl (C=O) groups is 2. The van der Waals surface area contributed by atoms with Gasteiger partial charge in [-0.1, -0.05) is 18.7 Å². The van der Waals surface area contributed by atoms with Gasteiger partial charge in [-0.25, -0.2) is 0 Å². The number of rotatable bonds is 7. The molecule has 1 aromatic heterocycles. The Hall–Kier alpha value is -1.57. The molecule has 0 radical (unpaired) electrons. The summed E-state index contributed by atoms with van der Waals surface area (Å²) in [6.07, 6.45) is 1.01. The van der Waals surface area contributed by atoms with Crippen LogP contribution in [0.4, 0.5) is 0 Å². The van der Waals surface area contributed by atoms with Gasteiger partial charge in [-0.05, 0) is 0 Å². The van der Waals surface area contributed by atoms with Gasteiger partial charge in [0.15, 0.2) is 5.16 Å². The predicted molar refractivity (Wildman–Crippen MR) is 66.4 cm³/mol. The Morgan fingerprint density at radius 1 is 1.44 bits per heavy atom. The van der Waals surface area contributed by atoms with Gasteiger partial charge in [-0.2, -0.15) is 0 Å². The van der Waals surface area contributed by atoms with Crippen LogP contribution in [0, 0.1) is 0 Å². The lowest BCUT2D eigenvalue weighted by Gasteiger charge is -2.07. The van der Waals surface area contributed by atoms with Gasteiger partial charge < -0.3 is 15.0 Å². The third-order valence-electron chi connectivity index (χ3n) is 2.28. The second-order valence-corrected chi connectivity index (χ2v) is 4.45. The van der Waals surface area contributed by atoms with Crippen molar-refractivity contribution < 1.29 is 14.7 Å². The highest BCUT2D eigenvalue weighted by atomic mass is 32.2. The number of aromatic nitrogens is 3. The third kappa shape index (κ3) is 4.02.